The van der Waals surface area contributed by atoms with Crippen LogP contribution in [0.25, 0.3) is 0 Å². The van der Waals surface area contributed by atoms with E-state index in [1.54, 1.807) is 0 Å². The fourth-order valence-corrected chi connectivity index (χ4v) is 2.00. The third-order valence-corrected chi connectivity index (χ3v) is 3.21. The molecule has 86 valence electrons. The molecule has 1 amide bonds. The Bertz CT molecular complexity index is 238. The molecule has 0 aliphatic carbocycles. The number of likely N-dealkylation sites (tertiary alicyclic amines) is 1. The fourth-order valence-electron chi connectivity index (χ4n) is 2.00. The number of rotatable bonds is 4. The van der Waals surface area contributed by atoms with Gasteiger partial charge in [-0.2, -0.15) is 0 Å². The Morgan fingerprint density at radius 3 is 2.93 bits per heavy atom. The number of carbonyl (C=O) groups is 1. The molecule has 3 nitrogen and oxygen atoms in total. The van der Waals surface area contributed by atoms with Gasteiger partial charge in [0.05, 0.1) is 0 Å². The Morgan fingerprint density at radius 2 is 2.33 bits per heavy atom. The summed E-state index contributed by atoms with van der Waals surface area (Å²) in [6, 6.07) is 0. The SMILES string of the molecule is C=C(CN)CN1CCC(CC)CCC1=O. The van der Waals surface area contributed by atoms with Crippen LogP contribution in [0.4, 0.5) is 0 Å². The van der Waals surface area contributed by atoms with Gasteiger partial charge in [0.1, 0.15) is 0 Å². The van der Waals surface area contributed by atoms with Crippen LogP contribution in [0.15, 0.2) is 12.2 Å². The average Bonchev–Trinajstić information content (AvgIpc) is 2.42. The molecule has 1 saturated heterocycles. The number of amides is 1. The molecule has 0 saturated carbocycles. The summed E-state index contributed by atoms with van der Waals surface area (Å²) in [5, 5.41) is 0. The number of carbonyl (C=O) groups excluding carboxylic acids is 1. The molecule has 1 aliphatic heterocycles. The minimum Gasteiger partial charge on any atom is -0.339 e. The van der Waals surface area contributed by atoms with E-state index in [1.165, 1.54) is 6.42 Å². The predicted molar refractivity (Wildman–Crippen MR) is 62.4 cm³/mol. The summed E-state index contributed by atoms with van der Waals surface area (Å²) in [6.45, 7) is 8.04. The van der Waals surface area contributed by atoms with E-state index in [9.17, 15) is 4.79 Å². The maximum atomic E-state index is 11.8. The minimum atomic E-state index is 0.264. The second-order valence-electron chi connectivity index (χ2n) is 4.37. The molecule has 0 aromatic heterocycles. The van der Waals surface area contributed by atoms with Crippen LogP contribution in [0, 0.1) is 5.92 Å². The van der Waals surface area contributed by atoms with Crippen molar-refractivity contribution in [1.29, 1.82) is 0 Å². The summed E-state index contributed by atoms with van der Waals surface area (Å²) < 4.78 is 0. The zero-order valence-corrected chi connectivity index (χ0v) is 9.67. The van der Waals surface area contributed by atoms with E-state index in [0.29, 0.717) is 25.4 Å². The first-order chi connectivity index (χ1) is 7.17. The van der Waals surface area contributed by atoms with Crippen LogP contribution in [0.1, 0.15) is 32.6 Å². The quantitative estimate of drug-likeness (QED) is 0.715. The van der Waals surface area contributed by atoms with Gasteiger partial charge < -0.3 is 10.6 Å². The molecule has 0 bridgehead atoms. The molecular weight excluding hydrogens is 188 g/mol. The lowest BCUT2D eigenvalue weighted by Gasteiger charge is -2.21. The van der Waals surface area contributed by atoms with Crippen molar-refractivity contribution in [2.24, 2.45) is 11.7 Å². The summed E-state index contributed by atoms with van der Waals surface area (Å²) in [4.78, 5) is 13.7. The van der Waals surface area contributed by atoms with Gasteiger partial charge >= 0.3 is 0 Å². The zero-order chi connectivity index (χ0) is 11.3. The molecular formula is C12H22N2O. The van der Waals surface area contributed by atoms with Crippen LogP contribution in [0.2, 0.25) is 0 Å². The smallest absolute Gasteiger partial charge is 0.222 e. The second-order valence-corrected chi connectivity index (χ2v) is 4.37. The molecule has 0 spiro atoms. The van der Waals surface area contributed by atoms with Crippen molar-refractivity contribution in [3.63, 3.8) is 0 Å². The van der Waals surface area contributed by atoms with Gasteiger partial charge in [0.25, 0.3) is 0 Å². The monoisotopic (exact) mass is 210 g/mol. The highest BCUT2D eigenvalue weighted by atomic mass is 16.2. The van der Waals surface area contributed by atoms with Gasteiger partial charge in [0.15, 0.2) is 0 Å². The number of nitrogens with two attached hydrogens (primary N) is 1. The molecule has 1 unspecified atom stereocenters. The Kier molecular flexibility index (Phi) is 4.82. The molecule has 15 heavy (non-hydrogen) atoms. The van der Waals surface area contributed by atoms with Gasteiger partial charge in [0, 0.05) is 26.1 Å². The summed E-state index contributed by atoms with van der Waals surface area (Å²) in [5.41, 5.74) is 6.43. The molecule has 1 aliphatic rings. The molecule has 1 fully saturated rings. The maximum absolute atomic E-state index is 11.8. The highest BCUT2D eigenvalue weighted by Crippen LogP contribution is 2.21. The number of nitrogens with zero attached hydrogens (tertiary/aromatic N) is 1. The standard InChI is InChI=1S/C12H22N2O/c1-3-11-4-5-12(15)14(7-6-11)9-10(2)8-13/h11H,2-9,13H2,1H3. The molecule has 1 atom stereocenters. The highest BCUT2D eigenvalue weighted by molar-refractivity contribution is 5.76. The maximum Gasteiger partial charge on any atom is 0.222 e. The predicted octanol–water partition coefficient (Wildman–Crippen LogP) is 1.54. The molecule has 0 aromatic rings. The van der Waals surface area contributed by atoms with Gasteiger partial charge in [-0.1, -0.05) is 19.9 Å². The topological polar surface area (TPSA) is 46.3 Å². The van der Waals surface area contributed by atoms with Crippen molar-refractivity contribution in [3.05, 3.63) is 12.2 Å². The summed E-state index contributed by atoms with van der Waals surface area (Å²) in [6.07, 6.45) is 4.04. The largest absolute Gasteiger partial charge is 0.339 e. The summed E-state index contributed by atoms with van der Waals surface area (Å²) in [7, 11) is 0. The van der Waals surface area contributed by atoms with Crippen LogP contribution in [0.5, 0.6) is 0 Å². The summed E-state index contributed by atoms with van der Waals surface area (Å²) in [5.74, 6) is 0.977. The molecule has 3 heteroatoms. The average molecular weight is 210 g/mol. The van der Waals surface area contributed by atoms with Gasteiger partial charge in [-0.25, -0.2) is 0 Å². The van der Waals surface area contributed by atoms with Crippen molar-refractivity contribution >= 4 is 5.91 Å². The number of hydrogen-bond acceptors (Lipinski definition) is 2. The zero-order valence-electron chi connectivity index (χ0n) is 9.67. The van der Waals surface area contributed by atoms with E-state index in [-0.39, 0.29) is 5.91 Å². The van der Waals surface area contributed by atoms with Crippen LogP contribution >= 0.6 is 0 Å². The Labute approximate surface area is 92.3 Å². The Hall–Kier alpha value is -0.830. The molecule has 1 heterocycles. The lowest BCUT2D eigenvalue weighted by molar-refractivity contribution is -0.130. The van der Waals surface area contributed by atoms with Crippen LogP contribution in [-0.2, 0) is 4.79 Å². The van der Waals surface area contributed by atoms with Crippen LogP contribution in [-0.4, -0.2) is 30.4 Å². The van der Waals surface area contributed by atoms with E-state index < -0.39 is 0 Å². The molecule has 1 rings (SSSR count). The van der Waals surface area contributed by atoms with Gasteiger partial charge in [-0.3, -0.25) is 4.79 Å². The first-order valence-electron chi connectivity index (χ1n) is 5.81. The lowest BCUT2D eigenvalue weighted by Crippen LogP contribution is -2.33. The van der Waals surface area contributed by atoms with Crippen molar-refractivity contribution in [3.8, 4) is 0 Å². The van der Waals surface area contributed by atoms with E-state index >= 15 is 0 Å². The molecule has 2 N–H and O–H groups in total. The first-order valence-corrected chi connectivity index (χ1v) is 5.81. The van der Waals surface area contributed by atoms with E-state index in [1.807, 2.05) is 4.90 Å². The Balaban J connectivity index is 2.50. The van der Waals surface area contributed by atoms with Gasteiger partial charge in [-0.15, -0.1) is 0 Å². The number of hydrogen-bond donors (Lipinski definition) is 1. The van der Waals surface area contributed by atoms with Crippen LogP contribution < -0.4 is 5.73 Å². The van der Waals surface area contributed by atoms with Crippen molar-refractivity contribution in [1.82, 2.24) is 4.90 Å². The van der Waals surface area contributed by atoms with Crippen molar-refractivity contribution in [2.75, 3.05) is 19.6 Å². The van der Waals surface area contributed by atoms with E-state index in [2.05, 4.69) is 13.5 Å². The fraction of sp³-hybridized carbons (Fsp3) is 0.750. The van der Waals surface area contributed by atoms with Gasteiger partial charge in [0.2, 0.25) is 5.91 Å². The van der Waals surface area contributed by atoms with Crippen LogP contribution in [0.3, 0.4) is 0 Å². The van der Waals surface area contributed by atoms with Gasteiger partial charge in [-0.05, 0) is 24.3 Å². The molecule has 0 radical (unpaired) electrons. The van der Waals surface area contributed by atoms with E-state index in [0.717, 1.165) is 25.0 Å². The molecule has 0 aromatic carbocycles. The second kappa shape index (κ2) is 5.91. The third kappa shape index (κ3) is 3.67. The first kappa shape index (κ1) is 12.2. The highest BCUT2D eigenvalue weighted by Gasteiger charge is 2.21. The lowest BCUT2D eigenvalue weighted by atomic mass is 9.98. The minimum absolute atomic E-state index is 0.264. The Morgan fingerprint density at radius 1 is 1.60 bits per heavy atom. The summed E-state index contributed by atoms with van der Waals surface area (Å²) >= 11 is 0. The third-order valence-electron chi connectivity index (χ3n) is 3.21. The normalized spacial score (nSPS) is 22.7. The van der Waals surface area contributed by atoms with Crippen molar-refractivity contribution < 1.29 is 4.79 Å². The van der Waals surface area contributed by atoms with Crippen molar-refractivity contribution in [2.45, 2.75) is 32.6 Å². The van der Waals surface area contributed by atoms with E-state index in [4.69, 9.17) is 5.73 Å².